The van der Waals surface area contributed by atoms with E-state index in [4.69, 9.17) is 9.47 Å². The van der Waals surface area contributed by atoms with Crippen LogP contribution in [0.5, 0.6) is 0 Å². The molecular weight excluding hydrogens is 604 g/mol. The first kappa shape index (κ1) is 31.3. The largest absolute Gasteiger partial charge is 0.374 e. The zero-order valence-electron chi connectivity index (χ0n) is 26.3. The summed E-state index contributed by atoms with van der Waals surface area (Å²) in [6.45, 7) is 11.8. The second kappa shape index (κ2) is 11.4. The number of halogens is 4. The summed E-state index contributed by atoms with van der Waals surface area (Å²) < 4.78 is 70.3. The van der Waals surface area contributed by atoms with E-state index in [1.165, 1.54) is 6.08 Å². The molecule has 1 amide bonds. The standard InChI is InChI=1S/C33H40F4N6O3/c1-4-26(44)42-13-11-40(12-14-42)22-17-43(18-22)24-15-25(39-28(30(34)35)23(24)16-31(3,36)37)41-9-6-32(7-10-41)27-21(2)5-8-38-29(27)33(46-32)19-45-20-33/h4-5,8,15,22,30H,1,6-7,9-14,16-20H2,2-3H3. The van der Waals surface area contributed by atoms with Gasteiger partial charge in [-0.2, -0.15) is 0 Å². The second-order valence-corrected chi connectivity index (χ2v) is 13.5. The summed E-state index contributed by atoms with van der Waals surface area (Å²) in [4.78, 5) is 28.9. The van der Waals surface area contributed by atoms with Crippen LogP contribution in [-0.4, -0.2) is 103 Å². The SMILES string of the molecule is C=CC(=O)N1CCN(C2CN(c3cc(N4CCC5(CC4)OC4(COC4)c4nccc(C)c45)nc(C(F)F)c3CC(C)(F)F)C2)CC1. The average Bonchev–Trinajstić information content (AvgIpc) is 3.28. The fraction of sp³-hybridized carbons (Fsp3) is 0.606. The molecule has 7 heterocycles. The summed E-state index contributed by atoms with van der Waals surface area (Å²) in [5.74, 6) is -2.91. The van der Waals surface area contributed by atoms with Crippen molar-refractivity contribution in [2.24, 2.45) is 0 Å². The molecule has 248 valence electrons. The van der Waals surface area contributed by atoms with E-state index in [0.29, 0.717) is 89.9 Å². The van der Waals surface area contributed by atoms with Crippen molar-refractivity contribution in [2.75, 3.05) is 75.4 Å². The van der Waals surface area contributed by atoms with Gasteiger partial charge in [0.05, 0.1) is 18.9 Å². The lowest BCUT2D eigenvalue weighted by Gasteiger charge is -2.50. The van der Waals surface area contributed by atoms with Gasteiger partial charge in [0.2, 0.25) is 11.8 Å². The van der Waals surface area contributed by atoms with E-state index >= 15 is 0 Å². The number of carbonyl (C=O) groups excluding carboxylic acids is 1. The number of nitrogens with zero attached hydrogens (tertiary/aromatic N) is 6. The van der Waals surface area contributed by atoms with E-state index in [0.717, 1.165) is 23.7 Å². The minimum absolute atomic E-state index is 0.0961. The molecule has 5 aliphatic rings. The van der Waals surface area contributed by atoms with Gasteiger partial charge in [0.25, 0.3) is 6.43 Å². The maximum atomic E-state index is 14.6. The maximum Gasteiger partial charge on any atom is 0.280 e. The number of aromatic nitrogens is 2. The van der Waals surface area contributed by atoms with E-state index < -0.39 is 35.7 Å². The molecule has 0 N–H and O–H groups in total. The number of carbonyl (C=O) groups is 1. The molecule has 46 heavy (non-hydrogen) atoms. The molecule has 0 unspecified atom stereocenters. The van der Waals surface area contributed by atoms with Gasteiger partial charge in [0.15, 0.2) is 5.60 Å². The lowest BCUT2D eigenvalue weighted by molar-refractivity contribution is -0.260. The zero-order chi connectivity index (χ0) is 32.4. The Labute approximate surface area is 266 Å². The maximum absolute atomic E-state index is 14.6. The Morgan fingerprint density at radius 3 is 2.39 bits per heavy atom. The van der Waals surface area contributed by atoms with Crippen LogP contribution >= 0.6 is 0 Å². The van der Waals surface area contributed by atoms with Crippen LogP contribution in [-0.2, 0) is 31.9 Å². The second-order valence-electron chi connectivity index (χ2n) is 13.5. The Morgan fingerprint density at radius 1 is 1.11 bits per heavy atom. The summed E-state index contributed by atoms with van der Waals surface area (Å²) in [6, 6.07) is 3.84. The Balaban J connectivity index is 1.13. The highest BCUT2D eigenvalue weighted by Crippen LogP contribution is 2.55. The van der Waals surface area contributed by atoms with Crippen molar-refractivity contribution < 1.29 is 31.8 Å². The van der Waals surface area contributed by atoms with Crippen molar-refractivity contribution in [1.82, 2.24) is 19.8 Å². The smallest absolute Gasteiger partial charge is 0.280 e. The van der Waals surface area contributed by atoms with Gasteiger partial charge < -0.3 is 24.2 Å². The number of piperidine rings is 1. The van der Waals surface area contributed by atoms with Gasteiger partial charge in [-0.15, -0.1) is 0 Å². The zero-order valence-corrected chi connectivity index (χ0v) is 26.3. The van der Waals surface area contributed by atoms with E-state index in [2.05, 4.69) is 28.4 Å². The summed E-state index contributed by atoms with van der Waals surface area (Å²) in [5, 5.41) is 0. The van der Waals surface area contributed by atoms with Crippen molar-refractivity contribution in [3.63, 3.8) is 0 Å². The van der Waals surface area contributed by atoms with E-state index in [-0.39, 0.29) is 17.5 Å². The molecule has 0 bridgehead atoms. The van der Waals surface area contributed by atoms with Crippen LogP contribution in [0.15, 0.2) is 31.0 Å². The van der Waals surface area contributed by atoms with Crippen LogP contribution in [0.4, 0.5) is 29.1 Å². The molecule has 9 nitrogen and oxygen atoms in total. The van der Waals surface area contributed by atoms with Crippen molar-refractivity contribution in [2.45, 2.75) is 62.7 Å². The molecule has 2 aromatic heterocycles. The van der Waals surface area contributed by atoms with Gasteiger partial charge in [-0.25, -0.2) is 22.5 Å². The topological polar surface area (TPSA) is 74.3 Å². The van der Waals surface area contributed by atoms with Gasteiger partial charge in [0.1, 0.15) is 17.1 Å². The minimum Gasteiger partial charge on any atom is -0.374 e. The number of aryl methyl sites for hydroxylation is 1. The molecule has 5 aliphatic heterocycles. The third kappa shape index (κ3) is 5.33. The fourth-order valence-electron chi connectivity index (χ4n) is 7.88. The predicted octanol–water partition coefficient (Wildman–Crippen LogP) is 4.19. The molecule has 0 radical (unpaired) electrons. The van der Waals surface area contributed by atoms with Crippen LogP contribution in [0.1, 0.15) is 54.3 Å². The van der Waals surface area contributed by atoms with Crippen LogP contribution < -0.4 is 9.80 Å². The molecule has 2 aromatic rings. The van der Waals surface area contributed by atoms with Crippen LogP contribution in [0.2, 0.25) is 0 Å². The van der Waals surface area contributed by atoms with Gasteiger partial charge >= 0.3 is 0 Å². The number of hydrogen-bond acceptors (Lipinski definition) is 8. The van der Waals surface area contributed by atoms with E-state index in [1.807, 2.05) is 15.9 Å². The quantitative estimate of drug-likeness (QED) is 0.329. The molecular formula is C33H40F4N6O3. The first-order valence-electron chi connectivity index (χ1n) is 16.0. The number of anilines is 2. The van der Waals surface area contributed by atoms with Crippen LogP contribution in [0.25, 0.3) is 0 Å². The first-order valence-corrected chi connectivity index (χ1v) is 16.0. The molecule has 0 aromatic carbocycles. The molecule has 7 rings (SSSR count). The fourth-order valence-corrected chi connectivity index (χ4v) is 7.88. The summed E-state index contributed by atoms with van der Waals surface area (Å²) in [7, 11) is 0. The monoisotopic (exact) mass is 644 g/mol. The van der Waals surface area contributed by atoms with Crippen molar-refractivity contribution in [3.05, 3.63) is 59.1 Å². The van der Waals surface area contributed by atoms with Crippen LogP contribution in [0, 0.1) is 6.92 Å². The highest BCUT2D eigenvalue weighted by molar-refractivity contribution is 5.87. The lowest BCUT2D eigenvalue weighted by Crippen LogP contribution is -2.63. The number of pyridine rings is 2. The lowest BCUT2D eigenvalue weighted by atomic mass is 9.81. The number of amides is 1. The van der Waals surface area contributed by atoms with Gasteiger partial charge in [0, 0.05) is 93.9 Å². The van der Waals surface area contributed by atoms with Crippen molar-refractivity contribution in [3.8, 4) is 0 Å². The van der Waals surface area contributed by atoms with Gasteiger partial charge in [-0.1, -0.05) is 6.58 Å². The summed E-state index contributed by atoms with van der Waals surface area (Å²) in [6.07, 6.45) is 0.508. The van der Waals surface area contributed by atoms with Crippen LogP contribution in [0.3, 0.4) is 0 Å². The minimum atomic E-state index is -3.18. The third-order valence-electron chi connectivity index (χ3n) is 10.3. The van der Waals surface area contributed by atoms with Gasteiger partial charge in [-0.05, 0) is 44.4 Å². The Kier molecular flexibility index (Phi) is 7.79. The first-order chi connectivity index (χ1) is 21.9. The Hall–Kier alpha value is -3.29. The Morgan fingerprint density at radius 2 is 1.80 bits per heavy atom. The van der Waals surface area contributed by atoms with E-state index in [1.54, 1.807) is 17.2 Å². The predicted molar refractivity (Wildman–Crippen MR) is 164 cm³/mol. The molecule has 0 aliphatic carbocycles. The summed E-state index contributed by atoms with van der Waals surface area (Å²) in [5.41, 5.74) is 1.74. The average molecular weight is 645 g/mol. The molecule has 0 saturated carbocycles. The number of piperazine rings is 1. The highest BCUT2D eigenvalue weighted by Gasteiger charge is 2.59. The van der Waals surface area contributed by atoms with Gasteiger partial charge in [-0.3, -0.25) is 14.7 Å². The van der Waals surface area contributed by atoms with Crippen molar-refractivity contribution >= 4 is 17.4 Å². The molecule has 4 fully saturated rings. The molecule has 4 saturated heterocycles. The molecule has 13 heteroatoms. The number of alkyl halides is 4. The third-order valence-corrected chi connectivity index (χ3v) is 10.3. The number of ether oxygens (including phenoxy) is 2. The highest BCUT2D eigenvalue weighted by atomic mass is 19.3. The Bertz CT molecular complexity index is 1510. The van der Waals surface area contributed by atoms with E-state index in [9.17, 15) is 22.4 Å². The summed E-state index contributed by atoms with van der Waals surface area (Å²) >= 11 is 0. The molecule has 0 atom stereocenters. The number of fused-ring (bicyclic) bond motifs is 3. The van der Waals surface area contributed by atoms with Crippen molar-refractivity contribution in [1.29, 1.82) is 0 Å². The molecule has 2 spiro atoms. The number of rotatable bonds is 7. The number of hydrogen-bond donors (Lipinski definition) is 0. The normalized spacial score (nSPS) is 22.7.